The third-order valence-electron chi connectivity index (χ3n) is 6.34. The maximum absolute atomic E-state index is 13.6. The number of anilines is 1. The van der Waals surface area contributed by atoms with Crippen molar-refractivity contribution in [2.24, 2.45) is 5.92 Å². The van der Waals surface area contributed by atoms with Gasteiger partial charge in [-0.25, -0.2) is 13.4 Å². The van der Waals surface area contributed by atoms with Gasteiger partial charge in [0.2, 0.25) is 5.91 Å². The minimum Gasteiger partial charge on any atom is -0.381 e. The van der Waals surface area contributed by atoms with Crippen LogP contribution in [0.4, 0.5) is 9.52 Å². The molecule has 0 radical (unpaired) electrons. The van der Waals surface area contributed by atoms with E-state index < -0.39 is 37.6 Å². The van der Waals surface area contributed by atoms with Gasteiger partial charge in [0.25, 0.3) is 5.56 Å². The number of halogens is 2. The number of hydrogen-bond acceptors (Lipinski definition) is 7. The first-order valence-corrected chi connectivity index (χ1v) is 13.7. The summed E-state index contributed by atoms with van der Waals surface area (Å²) in [5.74, 6) is -1.68. The second-order valence-electron chi connectivity index (χ2n) is 8.46. The van der Waals surface area contributed by atoms with Gasteiger partial charge in [0.15, 0.2) is 20.1 Å². The van der Waals surface area contributed by atoms with Crippen LogP contribution in [0.15, 0.2) is 22.1 Å². The predicted molar refractivity (Wildman–Crippen MR) is 123 cm³/mol. The highest BCUT2D eigenvalue weighted by Crippen LogP contribution is 2.39. The lowest BCUT2D eigenvalue weighted by Crippen LogP contribution is -2.33. The summed E-state index contributed by atoms with van der Waals surface area (Å²) in [5.41, 5.74) is -0.830. The number of aromatic amines is 1. The molecular formula is C21H25ClFN3O5S2. The van der Waals surface area contributed by atoms with Gasteiger partial charge in [-0.3, -0.25) is 9.59 Å². The normalized spacial score (nSPS) is 19.0. The lowest BCUT2D eigenvalue weighted by molar-refractivity contribution is -0.118. The molecule has 3 heterocycles. The maximum atomic E-state index is 13.6. The van der Waals surface area contributed by atoms with E-state index in [0.717, 1.165) is 25.2 Å². The largest absolute Gasteiger partial charge is 0.381 e. The number of carbonyl (C=O) groups excluding carboxylic acids is 1. The van der Waals surface area contributed by atoms with E-state index in [9.17, 15) is 22.4 Å². The number of nitrogens with one attached hydrogen (secondary N) is 2. The van der Waals surface area contributed by atoms with Crippen molar-refractivity contribution in [1.29, 1.82) is 0 Å². The van der Waals surface area contributed by atoms with Crippen LogP contribution in [0.1, 0.15) is 56.4 Å². The molecule has 2 N–H and O–H groups in total. The Morgan fingerprint density at radius 2 is 2.00 bits per heavy atom. The van der Waals surface area contributed by atoms with Gasteiger partial charge in [0.1, 0.15) is 0 Å². The average Bonchev–Trinajstić information content (AvgIpc) is 3.47. The smallest absolute Gasteiger partial charge is 0.253 e. The number of nitrogens with zero attached hydrogens (tertiary/aromatic N) is 1. The molecule has 0 aromatic carbocycles. The zero-order valence-electron chi connectivity index (χ0n) is 17.8. The standard InChI is InChI=1S/C21H25ClFN3O5S2/c22-15-10-24-20(28)17(18(15)33(29,30)13-3-1-2-4-13)14(9-12-5-7-31-8-6-12)19(27)26-21-25-11-16(23)32-21/h10-14H,1-9H2,(H,24,28)(H,25,26,27). The number of ether oxygens (including phenoxy) is 1. The summed E-state index contributed by atoms with van der Waals surface area (Å²) in [5, 5.41) is 1.26. The molecule has 4 rings (SSSR count). The Morgan fingerprint density at radius 3 is 2.64 bits per heavy atom. The van der Waals surface area contributed by atoms with Crippen molar-refractivity contribution in [3.8, 4) is 0 Å². The highest BCUT2D eigenvalue weighted by atomic mass is 35.5. The Balaban J connectivity index is 1.79. The van der Waals surface area contributed by atoms with Crippen LogP contribution < -0.4 is 10.9 Å². The molecule has 33 heavy (non-hydrogen) atoms. The van der Waals surface area contributed by atoms with Crippen LogP contribution in [-0.4, -0.2) is 42.8 Å². The molecule has 2 fully saturated rings. The highest BCUT2D eigenvalue weighted by molar-refractivity contribution is 7.92. The second-order valence-corrected chi connectivity index (χ2v) is 12.0. The highest BCUT2D eigenvalue weighted by Gasteiger charge is 2.39. The van der Waals surface area contributed by atoms with Gasteiger partial charge in [-0.1, -0.05) is 35.8 Å². The Kier molecular flexibility index (Phi) is 7.52. The molecule has 1 unspecified atom stereocenters. The minimum absolute atomic E-state index is 0.0353. The number of sulfone groups is 1. The van der Waals surface area contributed by atoms with Crippen LogP contribution in [0, 0.1) is 11.0 Å². The number of H-pyrrole nitrogens is 1. The van der Waals surface area contributed by atoms with Gasteiger partial charge >= 0.3 is 0 Å². The van der Waals surface area contributed by atoms with Gasteiger partial charge in [0.05, 0.1) is 27.3 Å². The molecule has 8 nitrogen and oxygen atoms in total. The van der Waals surface area contributed by atoms with Crippen LogP contribution in [0.25, 0.3) is 0 Å². The average molecular weight is 518 g/mol. The molecule has 2 aromatic rings. The Morgan fingerprint density at radius 1 is 1.30 bits per heavy atom. The number of amides is 1. The van der Waals surface area contributed by atoms with Crippen molar-refractivity contribution in [3.05, 3.63) is 38.5 Å². The first-order chi connectivity index (χ1) is 15.8. The van der Waals surface area contributed by atoms with Crippen LogP contribution in [0.5, 0.6) is 0 Å². The number of hydrogen-bond donors (Lipinski definition) is 2. The van der Waals surface area contributed by atoms with E-state index in [-0.39, 0.29) is 33.0 Å². The summed E-state index contributed by atoms with van der Waals surface area (Å²) in [4.78, 5) is 32.4. The summed E-state index contributed by atoms with van der Waals surface area (Å²) in [6.07, 6.45) is 6.27. The van der Waals surface area contributed by atoms with Crippen molar-refractivity contribution < 1.29 is 22.3 Å². The van der Waals surface area contributed by atoms with Gasteiger partial charge in [0, 0.05) is 25.0 Å². The van der Waals surface area contributed by atoms with Crippen molar-refractivity contribution in [3.63, 3.8) is 0 Å². The van der Waals surface area contributed by atoms with E-state index in [1.54, 1.807) is 0 Å². The SMILES string of the molecule is O=C(Nc1ncc(F)s1)C(CC1CCOCC1)c1c(S(=O)(=O)C2CCCC2)c(Cl)c[nH]c1=O. The van der Waals surface area contributed by atoms with Crippen molar-refractivity contribution >= 4 is 43.8 Å². The third kappa shape index (κ3) is 5.31. The van der Waals surface area contributed by atoms with Crippen molar-refractivity contribution in [2.45, 2.75) is 61.0 Å². The zero-order chi connectivity index (χ0) is 23.6. The van der Waals surface area contributed by atoms with Crippen molar-refractivity contribution in [1.82, 2.24) is 9.97 Å². The molecule has 1 atom stereocenters. The van der Waals surface area contributed by atoms with Crippen LogP contribution >= 0.6 is 22.9 Å². The fourth-order valence-electron chi connectivity index (χ4n) is 4.65. The molecular weight excluding hydrogens is 493 g/mol. The van der Waals surface area contributed by atoms with Crippen LogP contribution in [-0.2, 0) is 19.4 Å². The van der Waals surface area contributed by atoms with E-state index in [0.29, 0.717) is 50.2 Å². The molecule has 1 amide bonds. The third-order valence-corrected chi connectivity index (χ3v) is 9.81. The van der Waals surface area contributed by atoms with E-state index in [1.165, 1.54) is 0 Å². The number of pyridine rings is 1. The molecule has 1 aliphatic carbocycles. The molecule has 180 valence electrons. The predicted octanol–water partition coefficient (Wildman–Crippen LogP) is 3.88. The first-order valence-electron chi connectivity index (χ1n) is 10.9. The molecule has 12 heteroatoms. The van der Waals surface area contributed by atoms with E-state index >= 15 is 0 Å². The second kappa shape index (κ2) is 10.2. The number of aromatic nitrogens is 2. The lowest BCUT2D eigenvalue weighted by Gasteiger charge is -2.27. The van der Waals surface area contributed by atoms with Crippen LogP contribution in [0.2, 0.25) is 5.02 Å². The fourth-order valence-corrected chi connectivity index (χ4v) is 7.84. The number of rotatable bonds is 7. The summed E-state index contributed by atoms with van der Waals surface area (Å²) in [6.45, 7) is 1.05. The van der Waals surface area contributed by atoms with Gasteiger partial charge in [-0.05, 0) is 38.0 Å². The zero-order valence-corrected chi connectivity index (χ0v) is 20.2. The molecule has 1 saturated heterocycles. The van der Waals surface area contributed by atoms with Gasteiger partial charge in [-0.15, -0.1) is 0 Å². The Hall–Kier alpha value is -1.82. The number of carbonyl (C=O) groups is 1. The topological polar surface area (TPSA) is 118 Å². The van der Waals surface area contributed by atoms with E-state index in [2.05, 4.69) is 15.3 Å². The molecule has 0 bridgehead atoms. The number of thiazole rings is 1. The van der Waals surface area contributed by atoms with Crippen molar-refractivity contribution in [2.75, 3.05) is 18.5 Å². The summed E-state index contributed by atoms with van der Waals surface area (Å²) in [7, 11) is -3.94. The van der Waals surface area contributed by atoms with Crippen LogP contribution in [0.3, 0.4) is 0 Å². The monoisotopic (exact) mass is 517 g/mol. The molecule has 0 spiro atoms. The molecule has 2 aliphatic rings. The molecule has 1 saturated carbocycles. The fraction of sp³-hybridized carbons (Fsp3) is 0.571. The van der Waals surface area contributed by atoms with E-state index in [4.69, 9.17) is 16.3 Å². The minimum atomic E-state index is -3.94. The summed E-state index contributed by atoms with van der Waals surface area (Å²) < 4.78 is 45.9. The van der Waals surface area contributed by atoms with Gasteiger partial charge in [-0.2, -0.15) is 4.39 Å². The lowest BCUT2D eigenvalue weighted by atomic mass is 9.85. The summed E-state index contributed by atoms with van der Waals surface area (Å²) in [6, 6.07) is 0. The van der Waals surface area contributed by atoms with Gasteiger partial charge < -0.3 is 15.0 Å². The Bertz CT molecular complexity index is 1170. The molecule has 2 aromatic heterocycles. The molecule has 1 aliphatic heterocycles. The summed E-state index contributed by atoms with van der Waals surface area (Å²) >= 11 is 7.01. The quantitative estimate of drug-likeness (QED) is 0.575. The first kappa shape index (κ1) is 24.3. The van der Waals surface area contributed by atoms with E-state index in [1.807, 2.05) is 0 Å². The Labute approximate surface area is 199 Å². The maximum Gasteiger partial charge on any atom is 0.253 e.